The van der Waals surface area contributed by atoms with Crippen LogP contribution >= 0.6 is 27.7 Å². The number of anilines is 1. The second-order valence-electron chi connectivity index (χ2n) is 11.0. The minimum absolute atomic E-state index is 0.000994. The normalized spacial score (nSPS) is 29.8. The van der Waals surface area contributed by atoms with Gasteiger partial charge < -0.3 is 20.6 Å². The summed E-state index contributed by atoms with van der Waals surface area (Å²) in [5.74, 6) is -1.77. The zero-order valence-electron chi connectivity index (χ0n) is 22.5. The zero-order valence-corrected chi connectivity index (χ0v) is 24.9. The number of carbonyl (C=O) groups excluding carboxylic acids is 3. The molecule has 39 heavy (non-hydrogen) atoms. The molecule has 2 bridgehead atoms. The Morgan fingerprint density at radius 3 is 2.46 bits per heavy atom. The molecule has 3 aliphatic heterocycles. The van der Waals surface area contributed by atoms with E-state index in [-0.39, 0.29) is 34.4 Å². The van der Waals surface area contributed by atoms with E-state index in [1.807, 2.05) is 69.3 Å². The molecule has 2 aromatic carbocycles. The van der Waals surface area contributed by atoms with Crippen LogP contribution in [0.3, 0.4) is 0 Å². The van der Waals surface area contributed by atoms with E-state index in [0.29, 0.717) is 19.4 Å². The Balaban J connectivity index is 1.57. The number of hydrogen-bond acceptors (Lipinski definition) is 5. The van der Waals surface area contributed by atoms with Gasteiger partial charge in [-0.25, -0.2) is 0 Å². The van der Waals surface area contributed by atoms with Crippen molar-refractivity contribution in [1.29, 1.82) is 0 Å². The van der Waals surface area contributed by atoms with Gasteiger partial charge in [0.1, 0.15) is 6.04 Å². The number of amides is 3. The summed E-state index contributed by atoms with van der Waals surface area (Å²) < 4.78 is -0.769. The molecule has 3 fully saturated rings. The summed E-state index contributed by atoms with van der Waals surface area (Å²) in [5, 5.41) is 16.7. The average molecular weight is 615 g/mol. The molecular formula is C30H36BrN3O4S. The standard InChI is InChI=1S/C30H36BrN3O4S/c1-4-13-32-27(36)22-23-29(38)34(20(16-35)14-19-11-6-5-7-12-19)26(30(23)15-21(31)25(22)39-30)28(37)33-24-17(2)9-8-10-18(24)3/h5-12,20-23,25-26,35H,4,13-16H2,1-3H3,(H,32,36)(H,33,37)/t20-,21?,22+,23+,25+,26?,30?/m1/s1. The fourth-order valence-electron chi connectivity index (χ4n) is 6.77. The molecule has 3 amide bonds. The van der Waals surface area contributed by atoms with Gasteiger partial charge in [0.05, 0.1) is 29.2 Å². The lowest BCUT2D eigenvalue weighted by atomic mass is 9.70. The van der Waals surface area contributed by atoms with Crippen LogP contribution in [0.15, 0.2) is 48.5 Å². The zero-order chi connectivity index (χ0) is 27.9. The molecule has 3 unspecified atom stereocenters. The highest BCUT2D eigenvalue weighted by Gasteiger charge is 2.76. The Labute approximate surface area is 242 Å². The van der Waals surface area contributed by atoms with E-state index in [1.54, 1.807) is 16.7 Å². The summed E-state index contributed by atoms with van der Waals surface area (Å²) in [4.78, 5) is 43.8. The summed E-state index contributed by atoms with van der Waals surface area (Å²) >= 11 is 5.42. The Hall–Kier alpha value is -2.36. The van der Waals surface area contributed by atoms with Gasteiger partial charge in [-0.05, 0) is 49.8 Å². The van der Waals surface area contributed by atoms with Crippen LogP contribution in [0.2, 0.25) is 0 Å². The van der Waals surface area contributed by atoms with Gasteiger partial charge in [-0.3, -0.25) is 14.4 Å². The highest BCUT2D eigenvalue weighted by Crippen LogP contribution is 2.68. The molecule has 5 rings (SSSR count). The first-order valence-electron chi connectivity index (χ1n) is 13.7. The minimum Gasteiger partial charge on any atom is -0.394 e. The van der Waals surface area contributed by atoms with Crippen molar-refractivity contribution in [3.8, 4) is 0 Å². The van der Waals surface area contributed by atoms with E-state index < -0.39 is 28.7 Å². The first-order chi connectivity index (χ1) is 18.7. The van der Waals surface area contributed by atoms with Crippen molar-refractivity contribution >= 4 is 51.1 Å². The van der Waals surface area contributed by atoms with Crippen molar-refractivity contribution in [1.82, 2.24) is 10.2 Å². The van der Waals surface area contributed by atoms with Gasteiger partial charge in [0.25, 0.3) is 0 Å². The first-order valence-corrected chi connectivity index (χ1v) is 15.5. The summed E-state index contributed by atoms with van der Waals surface area (Å²) in [6, 6.07) is 14.1. The van der Waals surface area contributed by atoms with Crippen LogP contribution in [0, 0.1) is 25.7 Å². The molecule has 9 heteroatoms. The van der Waals surface area contributed by atoms with Crippen LogP contribution in [0.1, 0.15) is 36.5 Å². The van der Waals surface area contributed by atoms with Gasteiger partial charge in [-0.1, -0.05) is 71.4 Å². The molecule has 3 saturated heterocycles. The van der Waals surface area contributed by atoms with Crippen LogP contribution in [-0.2, 0) is 20.8 Å². The first kappa shape index (κ1) is 28.2. The van der Waals surface area contributed by atoms with Crippen LogP contribution in [0.25, 0.3) is 0 Å². The van der Waals surface area contributed by atoms with E-state index in [9.17, 15) is 19.5 Å². The second-order valence-corrected chi connectivity index (χ2v) is 13.7. The molecular weight excluding hydrogens is 578 g/mol. The topological polar surface area (TPSA) is 98.7 Å². The summed E-state index contributed by atoms with van der Waals surface area (Å²) in [7, 11) is 0. The number of hydrogen-bond donors (Lipinski definition) is 3. The summed E-state index contributed by atoms with van der Waals surface area (Å²) in [5.41, 5.74) is 3.59. The van der Waals surface area contributed by atoms with Crippen LogP contribution < -0.4 is 10.6 Å². The molecule has 3 aliphatic rings. The largest absolute Gasteiger partial charge is 0.394 e. The Bertz CT molecular complexity index is 1240. The molecule has 2 aromatic rings. The van der Waals surface area contributed by atoms with Gasteiger partial charge >= 0.3 is 0 Å². The fraction of sp³-hybridized carbons (Fsp3) is 0.500. The second kappa shape index (κ2) is 11.3. The summed E-state index contributed by atoms with van der Waals surface area (Å²) in [6.45, 7) is 6.16. The molecule has 7 nitrogen and oxygen atoms in total. The van der Waals surface area contributed by atoms with Gasteiger partial charge in [-0.15, -0.1) is 11.8 Å². The predicted molar refractivity (Wildman–Crippen MR) is 158 cm³/mol. The third kappa shape index (κ3) is 4.80. The van der Waals surface area contributed by atoms with E-state index in [1.165, 1.54) is 0 Å². The fourth-order valence-corrected chi connectivity index (χ4v) is 10.4. The lowest BCUT2D eigenvalue weighted by Gasteiger charge is -2.37. The maximum atomic E-state index is 14.4. The number of rotatable bonds is 9. The Kier molecular flexibility index (Phi) is 8.13. The highest BCUT2D eigenvalue weighted by atomic mass is 79.9. The molecule has 1 spiro atoms. The highest BCUT2D eigenvalue weighted by molar-refractivity contribution is 9.09. The lowest BCUT2D eigenvalue weighted by Crippen LogP contribution is -2.56. The lowest BCUT2D eigenvalue weighted by molar-refractivity contribution is -0.142. The number of benzene rings is 2. The molecule has 3 N–H and O–H groups in total. The van der Waals surface area contributed by atoms with Gasteiger partial charge in [0.15, 0.2) is 0 Å². The van der Waals surface area contributed by atoms with Gasteiger partial charge in [0, 0.05) is 22.3 Å². The smallest absolute Gasteiger partial charge is 0.248 e. The number of fused-ring (bicyclic) bond motifs is 1. The number of para-hydroxylation sites is 1. The number of aliphatic hydroxyl groups is 1. The molecule has 208 valence electrons. The predicted octanol–water partition coefficient (Wildman–Crippen LogP) is 3.84. The van der Waals surface area contributed by atoms with Gasteiger partial charge in [0.2, 0.25) is 17.7 Å². The maximum Gasteiger partial charge on any atom is 0.248 e. The van der Waals surface area contributed by atoms with E-state index in [0.717, 1.165) is 28.8 Å². The molecule has 0 aromatic heterocycles. The molecule has 0 radical (unpaired) electrons. The number of aliphatic hydroxyl groups excluding tert-OH is 1. The Morgan fingerprint density at radius 1 is 1.13 bits per heavy atom. The number of carbonyl (C=O) groups is 3. The van der Waals surface area contributed by atoms with Crippen molar-refractivity contribution in [3.63, 3.8) is 0 Å². The number of likely N-dealkylation sites (tertiary alicyclic amines) is 1. The third-order valence-corrected chi connectivity index (χ3v) is 11.7. The molecule has 0 aliphatic carbocycles. The number of alkyl halides is 1. The average Bonchev–Trinajstić information content (AvgIpc) is 3.52. The number of aryl methyl sites for hydroxylation is 2. The monoisotopic (exact) mass is 613 g/mol. The molecule has 3 heterocycles. The number of nitrogens with zero attached hydrogens (tertiary/aromatic N) is 1. The molecule has 0 saturated carbocycles. The van der Waals surface area contributed by atoms with E-state index >= 15 is 0 Å². The van der Waals surface area contributed by atoms with Crippen LogP contribution in [0.4, 0.5) is 5.69 Å². The van der Waals surface area contributed by atoms with Crippen molar-refractivity contribution in [2.75, 3.05) is 18.5 Å². The van der Waals surface area contributed by atoms with Crippen molar-refractivity contribution in [2.24, 2.45) is 11.8 Å². The van der Waals surface area contributed by atoms with Crippen LogP contribution in [0.5, 0.6) is 0 Å². The summed E-state index contributed by atoms with van der Waals surface area (Å²) in [6.07, 6.45) is 1.81. The molecule has 7 atom stereocenters. The van der Waals surface area contributed by atoms with Crippen molar-refractivity contribution < 1.29 is 19.5 Å². The van der Waals surface area contributed by atoms with Crippen molar-refractivity contribution in [3.05, 3.63) is 65.2 Å². The van der Waals surface area contributed by atoms with E-state index in [4.69, 9.17) is 0 Å². The van der Waals surface area contributed by atoms with Crippen molar-refractivity contribution in [2.45, 2.75) is 66.9 Å². The third-order valence-electron chi connectivity index (χ3n) is 8.48. The van der Waals surface area contributed by atoms with Crippen LogP contribution in [-0.4, -0.2) is 67.8 Å². The number of halogens is 1. The Morgan fingerprint density at radius 2 is 1.82 bits per heavy atom. The number of thioether (sulfide) groups is 1. The van der Waals surface area contributed by atoms with Gasteiger partial charge in [-0.2, -0.15) is 0 Å². The minimum atomic E-state index is -0.825. The SMILES string of the molecule is CCCNC(=O)[C@H]1[C@H]2C(=O)N([C@@H](CO)Cc3ccccc3)C(C(=O)Nc3c(C)cccc3C)C23CC(Br)[C@@H]1S3. The quantitative estimate of drug-likeness (QED) is 0.373. The maximum absolute atomic E-state index is 14.4. The number of nitrogens with one attached hydrogen (secondary N) is 2. The van der Waals surface area contributed by atoms with E-state index in [2.05, 4.69) is 26.6 Å².